The monoisotopic (exact) mass is 325 g/mol. The van der Waals surface area contributed by atoms with Crippen LogP contribution in [0.1, 0.15) is 47.5 Å². The van der Waals surface area contributed by atoms with Crippen LogP contribution in [0.15, 0.2) is 4.99 Å². The standard InChI is InChI=1S/C18H39N5/c1-7-22-11-8-9-17(14-22)13-21-18(19-6)20-10-12-23(15(2)3)16(4)5/h15-17H,7-14H2,1-6H3,(H2,19,20,21). The van der Waals surface area contributed by atoms with Gasteiger partial charge in [0.1, 0.15) is 0 Å². The number of hydrogen-bond acceptors (Lipinski definition) is 3. The summed E-state index contributed by atoms with van der Waals surface area (Å²) >= 11 is 0. The van der Waals surface area contributed by atoms with Gasteiger partial charge in [-0.2, -0.15) is 0 Å². The molecule has 0 aromatic heterocycles. The molecule has 0 aliphatic carbocycles. The van der Waals surface area contributed by atoms with Gasteiger partial charge in [0.05, 0.1) is 0 Å². The molecule has 1 heterocycles. The Kier molecular flexibility index (Phi) is 9.56. The molecule has 0 radical (unpaired) electrons. The fourth-order valence-corrected chi connectivity index (χ4v) is 3.48. The molecular weight excluding hydrogens is 286 g/mol. The third-order valence-corrected chi connectivity index (χ3v) is 4.82. The maximum atomic E-state index is 4.36. The molecule has 1 aliphatic rings. The summed E-state index contributed by atoms with van der Waals surface area (Å²) in [6.07, 6.45) is 2.65. The van der Waals surface area contributed by atoms with Crippen LogP contribution in [0.5, 0.6) is 0 Å². The van der Waals surface area contributed by atoms with Gasteiger partial charge in [-0.05, 0) is 59.5 Å². The average Bonchev–Trinajstić information content (AvgIpc) is 2.53. The Balaban J connectivity index is 2.29. The quantitative estimate of drug-likeness (QED) is 0.529. The Morgan fingerprint density at radius 2 is 1.91 bits per heavy atom. The second kappa shape index (κ2) is 10.9. The Labute approximate surface area is 143 Å². The molecule has 136 valence electrons. The number of aliphatic imine (C=N–C) groups is 1. The van der Waals surface area contributed by atoms with Crippen LogP contribution in [0.3, 0.4) is 0 Å². The highest BCUT2D eigenvalue weighted by Crippen LogP contribution is 2.15. The SMILES string of the molecule is CCN1CCCC(CNC(=NC)NCCN(C(C)C)C(C)C)C1. The third kappa shape index (κ3) is 7.53. The third-order valence-electron chi connectivity index (χ3n) is 4.82. The summed E-state index contributed by atoms with van der Waals surface area (Å²) in [5.74, 6) is 1.68. The normalized spacial score (nSPS) is 20.6. The van der Waals surface area contributed by atoms with Crippen molar-refractivity contribution in [3.05, 3.63) is 0 Å². The molecule has 5 heteroatoms. The van der Waals surface area contributed by atoms with Crippen LogP contribution < -0.4 is 10.6 Å². The highest BCUT2D eigenvalue weighted by molar-refractivity contribution is 5.79. The lowest BCUT2D eigenvalue weighted by Gasteiger charge is -2.32. The van der Waals surface area contributed by atoms with Crippen molar-refractivity contribution in [1.82, 2.24) is 20.4 Å². The summed E-state index contributed by atoms with van der Waals surface area (Å²) in [4.78, 5) is 9.41. The van der Waals surface area contributed by atoms with Crippen LogP contribution in [-0.4, -0.2) is 74.2 Å². The second-order valence-corrected chi connectivity index (χ2v) is 7.21. The molecule has 2 N–H and O–H groups in total. The highest BCUT2D eigenvalue weighted by atomic mass is 15.2. The first-order chi connectivity index (χ1) is 11.0. The molecule has 0 aromatic carbocycles. The molecule has 1 saturated heterocycles. The van der Waals surface area contributed by atoms with Crippen LogP contribution in [0, 0.1) is 5.92 Å². The van der Waals surface area contributed by atoms with Crippen molar-refractivity contribution in [2.75, 3.05) is 46.3 Å². The summed E-state index contributed by atoms with van der Waals surface area (Å²) in [7, 11) is 1.86. The Bertz CT molecular complexity index is 332. The van der Waals surface area contributed by atoms with Crippen LogP contribution in [0.4, 0.5) is 0 Å². The maximum Gasteiger partial charge on any atom is 0.191 e. The zero-order chi connectivity index (χ0) is 17.2. The molecule has 0 spiro atoms. The van der Waals surface area contributed by atoms with E-state index in [4.69, 9.17) is 0 Å². The Morgan fingerprint density at radius 3 is 2.48 bits per heavy atom. The summed E-state index contributed by atoms with van der Waals surface area (Å²) in [6.45, 7) is 17.9. The van der Waals surface area contributed by atoms with Gasteiger partial charge in [0.25, 0.3) is 0 Å². The molecule has 1 fully saturated rings. The Hall–Kier alpha value is -0.810. The molecule has 0 bridgehead atoms. The van der Waals surface area contributed by atoms with Crippen LogP contribution in [0.2, 0.25) is 0 Å². The smallest absolute Gasteiger partial charge is 0.191 e. The molecule has 0 saturated carbocycles. The van der Waals surface area contributed by atoms with Gasteiger partial charge < -0.3 is 15.5 Å². The zero-order valence-electron chi connectivity index (χ0n) is 16.2. The summed E-state index contributed by atoms with van der Waals surface area (Å²) in [5.41, 5.74) is 0. The first-order valence-corrected chi connectivity index (χ1v) is 9.40. The predicted octanol–water partition coefficient (Wildman–Crippen LogP) is 2.00. The number of rotatable bonds is 8. The van der Waals surface area contributed by atoms with Crippen molar-refractivity contribution >= 4 is 5.96 Å². The predicted molar refractivity (Wildman–Crippen MR) is 101 cm³/mol. The van der Waals surface area contributed by atoms with Crippen LogP contribution >= 0.6 is 0 Å². The van der Waals surface area contributed by atoms with Gasteiger partial charge >= 0.3 is 0 Å². The van der Waals surface area contributed by atoms with E-state index in [1.165, 1.54) is 32.5 Å². The summed E-state index contributed by atoms with van der Waals surface area (Å²) in [5, 5.41) is 6.97. The number of likely N-dealkylation sites (tertiary alicyclic amines) is 1. The van der Waals surface area contributed by atoms with Crippen molar-refractivity contribution in [2.24, 2.45) is 10.9 Å². The molecule has 1 rings (SSSR count). The zero-order valence-corrected chi connectivity index (χ0v) is 16.2. The molecule has 0 aromatic rings. The second-order valence-electron chi connectivity index (χ2n) is 7.21. The van der Waals surface area contributed by atoms with Crippen molar-refractivity contribution in [3.8, 4) is 0 Å². The first kappa shape index (κ1) is 20.2. The van der Waals surface area contributed by atoms with E-state index in [-0.39, 0.29) is 0 Å². The summed E-state index contributed by atoms with van der Waals surface area (Å²) in [6, 6.07) is 1.16. The van der Waals surface area contributed by atoms with Gasteiger partial charge in [-0.15, -0.1) is 0 Å². The molecule has 1 aliphatic heterocycles. The Morgan fingerprint density at radius 1 is 1.22 bits per heavy atom. The number of guanidine groups is 1. The largest absolute Gasteiger partial charge is 0.356 e. The van der Waals surface area contributed by atoms with E-state index in [0.29, 0.717) is 12.1 Å². The van der Waals surface area contributed by atoms with Crippen molar-refractivity contribution in [1.29, 1.82) is 0 Å². The molecule has 0 amide bonds. The van der Waals surface area contributed by atoms with Gasteiger partial charge in [-0.1, -0.05) is 6.92 Å². The maximum absolute atomic E-state index is 4.36. The van der Waals surface area contributed by atoms with E-state index in [2.05, 4.69) is 60.0 Å². The average molecular weight is 326 g/mol. The molecule has 5 nitrogen and oxygen atoms in total. The van der Waals surface area contributed by atoms with Crippen molar-refractivity contribution in [3.63, 3.8) is 0 Å². The molecule has 1 atom stereocenters. The minimum Gasteiger partial charge on any atom is -0.356 e. The topological polar surface area (TPSA) is 42.9 Å². The number of nitrogens with one attached hydrogen (secondary N) is 2. The minimum absolute atomic E-state index is 0.578. The molecular formula is C18H39N5. The first-order valence-electron chi connectivity index (χ1n) is 9.40. The molecule has 1 unspecified atom stereocenters. The van der Waals surface area contributed by atoms with E-state index in [1.807, 2.05) is 7.05 Å². The van der Waals surface area contributed by atoms with E-state index in [0.717, 1.165) is 31.5 Å². The molecule has 23 heavy (non-hydrogen) atoms. The fraction of sp³-hybridized carbons (Fsp3) is 0.944. The van der Waals surface area contributed by atoms with Crippen molar-refractivity contribution in [2.45, 2.75) is 59.5 Å². The fourth-order valence-electron chi connectivity index (χ4n) is 3.48. The number of piperidine rings is 1. The lowest BCUT2D eigenvalue weighted by molar-refractivity contribution is 0.177. The van der Waals surface area contributed by atoms with E-state index in [1.54, 1.807) is 0 Å². The van der Waals surface area contributed by atoms with Crippen molar-refractivity contribution < 1.29 is 0 Å². The van der Waals surface area contributed by atoms with Gasteiger partial charge in [-0.25, -0.2) is 0 Å². The number of nitrogens with zero attached hydrogens (tertiary/aromatic N) is 3. The van der Waals surface area contributed by atoms with Crippen LogP contribution in [0.25, 0.3) is 0 Å². The van der Waals surface area contributed by atoms with Gasteiger partial charge in [-0.3, -0.25) is 9.89 Å². The van der Waals surface area contributed by atoms with E-state index in [9.17, 15) is 0 Å². The van der Waals surface area contributed by atoms with Gasteiger partial charge in [0, 0.05) is 45.3 Å². The number of hydrogen-bond donors (Lipinski definition) is 2. The minimum atomic E-state index is 0.578. The lowest BCUT2D eigenvalue weighted by atomic mass is 9.98. The van der Waals surface area contributed by atoms with E-state index < -0.39 is 0 Å². The van der Waals surface area contributed by atoms with Crippen LogP contribution in [-0.2, 0) is 0 Å². The van der Waals surface area contributed by atoms with E-state index >= 15 is 0 Å². The highest BCUT2D eigenvalue weighted by Gasteiger charge is 2.19. The lowest BCUT2D eigenvalue weighted by Crippen LogP contribution is -2.47. The van der Waals surface area contributed by atoms with Gasteiger partial charge in [0.15, 0.2) is 5.96 Å². The van der Waals surface area contributed by atoms with Gasteiger partial charge in [0.2, 0.25) is 0 Å². The summed E-state index contributed by atoms with van der Waals surface area (Å²) < 4.78 is 0.